The summed E-state index contributed by atoms with van der Waals surface area (Å²) in [5.74, 6) is -1.33. The third kappa shape index (κ3) is 1.59. The molecule has 6 nitrogen and oxygen atoms in total. The lowest BCUT2D eigenvalue weighted by Gasteiger charge is -2.23. The Kier molecular flexibility index (Phi) is 2.81. The van der Waals surface area contributed by atoms with Gasteiger partial charge in [-0.1, -0.05) is 5.16 Å². The van der Waals surface area contributed by atoms with Crippen LogP contribution in [-0.4, -0.2) is 37.5 Å². The second kappa shape index (κ2) is 4.01. The van der Waals surface area contributed by atoms with Gasteiger partial charge in [-0.05, 0) is 13.3 Å². The van der Waals surface area contributed by atoms with E-state index in [9.17, 15) is 9.59 Å². The minimum Gasteiger partial charge on any atom is -0.469 e. The Bertz CT molecular complexity index is 391. The molecule has 17 heavy (non-hydrogen) atoms. The Labute approximate surface area is 98.9 Å². The van der Waals surface area contributed by atoms with Crippen LogP contribution in [0.25, 0.3) is 0 Å². The zero-order valence-corrected chi connectivity index (χ0v) is 10.1. The molecule has 3 unspecified atom stereocenters. The van der Waals surface area contributed by atoms with Gasteiger partial charge in [0.1, 0.15) is 0 Å². The molecule has 6 heteroatoms. The quantitative estimate of drug-likeness (QED) is 0.658. The second-order valence-electron chi connectivity index (χ2n) is 4.42. The average Bonchev–Trinajstić information content (AvgIpc) is 2.86. The fraction of sp³-hybridized carbons (Fsp3) is 0.727. The number of carbonyl (C=O) groups excluding carboxylic acids is 2. The lowest BCUT2D eigenvalue weighted by atomic mass is 9.88. The van der Waals surface area contributed by atoms with E-state index in [2.05, 4.69) is 5.16 Å². The number of hydrogen-bond donors (Lipinski definition) is 0. The van der Waals surface area contributed by atoms with Gasteiger partial charge in [-0.2, -0.15) is 0 Å². The lowest BCUT2D eigenvalue weighted by molar-refractivity contribution is -0.169. The maximum atomic E-state index is 11.8. The summed E-state index contributed by atoms with van der Waals surface area (Å²) in [6.07, 6.45) is 0.773. The summed E-state index contributed by atoms with van der Waals surface area (Å²) in [6, 6.07) is 0. The van der Waals surface area contributed by atoms with E-state index in [1.807, 2.05) is 0 Å². The van der Waals surface area contributed by atoms with Crippen molar-refractivity contribution in [1.29, 1.82) is 0 Å². The van der Waals surface area contributed by atoms with Gasteiger partial charge < -0.3 is 14.3 Å². The van der Waals surface area contributed by atoms with E-state index in [0.717, 1.165) is 5.71 Å². The van der Waals surface area contributed by atoms with E-state index in [1.54, 1.807) is 6.92 Å². The number of methoxy groups -OCH3 is 2. The molecule has 0 radical (unpaired) electrons. The molecule has 2 aliphatic rings. The molecule has 3 atom stereocenters. The zero-order valence-electron chi connectivity index (χ0n) is 10.1. The maximum absolute atomic E-state index is 11.8. The number of fused-ring (bicyclic) bond motifs is 1. The fourth-order valence-electron chi connectivity index (χ4n) is 2.67. The van der Waals surface area contributed by atoms with E-state index in [0.29, 0.717) is 6.42 Å². The van der Waals surface area contributed by atoms with Crippen molar-refractivity contribution in [2.24, 2.45) is 17.0 Å². The van der Waals surface area contributed by atoms with Gasteiger partial charge in [0.15, 0.2) is 0 Å². The van der Waals surface area contributed by atoms with Crippen LogP contribution in [0.1, 0.15) is 19.8 Å². The van der Waals surface area contributed by atoms with Gasteiger partial charge in [0.05, 0.1) is 31.8 Å². The topological polar surface area (TPSA) is 74.2 Å². The van der Waals surface area contributed by atoms with Crippen molar-refractivity contribution >= 4 is 17.7 Å². The smallest absolute Gasteiger partial charge is 0.353 e. The molecule has 0 N–H and O–H groups in total. The molecule has 94 valence electrons. The van der Waals surface area contributed by atoms with Crippen LogP contribution in [-0.2, 0) is 23.9 Å². The van der Waals surface area contributed by atoms with Crippen molar-refractivity contribution < 1.29 is 23.9 Å². The van der Waals surface area contributed by atoms with Crippen molar-refractivity contribution in [3.63, 3.8) is 0 Å². The molecule has 0 bridgehead atoms. The monoisotopic (exact) mass is 241 g/mol. The number of carbonyl (C=O) groups is 2. The normalized spacial score (nSPS) is 34.6. The summed E-state index contributed by atoms with van der Waals surface area (Å²) in [5, 5.41) is 3.85. The molecular weight excluding hydrogens is 226 g/mol. The zero-order chi connectivity index (χ0) is 12.6. The van der Waals surface area contributed by atoms with Crippen molar-refractivity contribution in [3.05, 3.63) is 0 Å². The standard InChI is InChI=1S/C11H15NO5/c1-6-8-4-7(9(13)15-2)5-11(8,17-12-6)10(14)16-3/h7-8H,4-5H2,1-3H3. The first kappa shape index (κ1) is 11.9. The van der Waals surface area contributed by atoms with Crippen LogP contribution < -0.4 is 0 Å². The number of hydrogen-bond acceptors (Lipinski definition) is 6. The molecule has 0 aromatic heterocycles. The third-order valence-electron chi connectivity index (χ3n) is 3.56. The van der Waals surface area contributed by atoms with Crippen molar-refractivity contribution in [2.45, 2.75) is 25.4 Å². The first-order valence-corrected chi connectivity index (χ1v) is 5.44. The molecule has 1 aliphatic carbocycles. The molecular formula is C11H15NO5. The number of rotatable bonds is 2. The predicted molar refractivity (Wildman–Crippen MR) is 57.2 cm³/mol. The Hall–Kier alpha value is -1.59. The molecule has 1 heterocycles. The van der Waals surface area contributed by atoms with Crippen molar-refractivity contribution in [1.82, 2.24) is 0 Å². The van der Waals surface area contributed by atoms with Crippen LogP contribution in [0.2, 0.25) is 0 Å². The minimum atomic E-state index is -1.13. The summed E-state index contributed by atoms with van der Waals surface area (Å²) in [7, 11) is 2.64. The van der Waals surface area contributed by atoms with E-state index >= 15 is 0 Å². The van der Waals surface area contributed by atoms with Crippen LogP contribution in [0.3, 0.4) is 0 Å². The maximum Gasteiger partial charge on any atom is 0.353 e. The van der Waals surface area contributed by atoms with Gasteiger partial charge in [0.25, 0.3) is 0 Å². The van der Waals surface area contributed by atoms with E-state index in [1.165, 1.54) is 14.2 Å². The Morgan fingerprint density at radius 1 is 1.41 bits per heavy atom. The number of ether oxygens (including phenoxy) is 2. The van der Waals surface area contributed by atoms with Crippen LogP contribution in [0.15, 0.2) is 5.16 Å². The van der Waals surface area contributed by atoms with Gasteiger partial charge >= 0.3 is 11.9 Å². The predicted octanol–water partition coefficient (Wildman–Crippen LogP) is 0.503. The van der Waals surface area contributed by atoms with Gasteiger partial charge in [-0.25, -0.2) is 4.79 Å². The molecule has 0 amide bonds. The Balaban J connectivity index is 2.26. The molecule has 1 fully saturated rings. The molecule has 1 saturated carbocycles. The van der Waals surface area contributed by atoms with E-state index in [4.69, 9.17) is 14.3 Å². The molecule has 0 aromatic carbocycles. The summed E-state index contributed by atoms with van der Waals surface area (Å²) in [4.78, 5) is 28.6. The first-order valence-electron chi connectivity index (χ1n) is 5.44. The summed E-state index contributed by atoms with van der Waals surface area (Å²) in [5.41, 5.74) is -0.403. The van der Waals surface area contributed by atoms with Gasteiger partial charge in [-0.3, -0.25) is 4.79 Å². The highest BCUT2D eigenvalue weighted by atomic mass is 16.7. The van der Waals surface area contributed by atoms with Crippen LogP contribution in [0.4, 0.5) is 0 Å². The SMILES string of the molecule is COC(=O)C1CC2C(C)=NOC2(C(=O)OC)C1. The first-order chi connectivity index (χ1) is 8.05. The van der Waals surface area contributed by atoms with Crippen LogP contribution in [0, 0.1) is 11.8 Å². The Morgan fingerprint density at radius 2 is 2.12 bits per heavy atom. The summed E-state index contributed by atoms with van der Waals surface area (Å²) < 4.78 is 9.47. The van der Waals surface area contributed by atoms with Gasteiger partial charge in [0, 0.05) is 6.42 Å². The van der Waals surface area contributed by atoms with Crippen molar-refractivity contribution in [2.75, 3.05) is 14.2 Å². The van der Waals surface area contributed by atoms with E-state index < -0.39 is 11.6 Å². The number of nitrogens with zero attached hydrogens (tertiary/aromatic N) is 1. The average molecular weight is 241 g/mol. The lowest BCUT2D eigenvalue weighted by Crippen LogP contribution is -2.43. The second-order valence-corrected chi connectivity index (χ2v) is 4.42. The van der Waals surface area contributed by atoms with Crippen LogP contribution in [0.5, 0.6) is 0 Å². The summed E-state index contributed by atoms with van der Waals surface area (Å²) >= 11 is 0. The summed E-state index contributed by atoms with van der Waals surface area (Å²) in [6.45, 7) is 1.79. The third-order valence-corrected chi connectivity index (χ3v) is 3.56. The number of oxime groups is 1. The fourth-order valence-corrected chi connectivity index (χ4v) is 2.67. The van der Waals surface area contributed by atoms with Gasteiger partial charge in [0.2, 0.25) is 5.60 Å². The van der Waals surface area contributed by atoms with E-state index in [-0.39, 0.29) is 24.2 Å². The van der Waals surface area contributed by atoms with Gasteiger partial charge in [-0.15, -0.1) is 0 Å². The largest absolute Gasteiger partial charge is 0.469 e. The Morgan fingerprint density at radius 3 is 2.71 bits per heavy atom. The molecule has 2 rings (SSSR count). The minimum absolute atomic E-state index is 0.195. The molecule has 1 aliphatic heterocycles. The number of esters is 2. The van der Waals surface area contributed by atoms with Crippen LogP contribution >= 0.6 is 0 Å². The molecule has 0 aromatic rings. The molecule has 0 saturated heterocycles. The van der Waals surface area contributed by atoms with Crippen molar-refractivity contribution in [3.8, 4) is 0 Å². The highest BCUT2D eigenvalue weighted by molar-refractivity contribution is 5.96. The molecule has 0 spiro atoms. The highest BCUT2D eigenvalue weighted by Crippen LogP contribution is 2.47. The highest BCUT2D eigenvalue weighted by Gasteiger charge is 2.62.